The van der Waals surface area contributed by atoms with Crippen LogP contribution < -0.4 is 11.2 Å². The van der Waals surface area contributed by atoms with Gasteiger partial charge in [-0.1, -0.05) is 60.7 Å². The lowest BCUT2D eigenvalue weighted by molar-refractivity contribution is -0.386. The van der Waals surface area contributed by atoms with Gasteiger partial charge in [-0.2, -0.15) is 5.10 Å². The molecule has 2 heterocycles. The Kier molecular flexibility index (Phi) is 6.30. The Balaban J connectivity index is 1.86. The van der Waals surface area contributed by atoms with E-state index < -0.39 is 21.9 Å². The van der Waals surface area contributed by atoms with Crippen molar-refractivity contribution in [2.24, 2.45) is 7.05 Å². The van der Waals surface area contributed by atoms with Gasteiger partial charge in [0.05, 0.1) is 11.1 Å². The molecule has 0 aliphatic carbocycles. The van der Waals surface area contributed by atoms with E-state index in [0.717, 1.165) is 15.7 Å². The predicted octanol–water partition coefficient (Wildman–Crippen LogP) is 2.80. The minimum Gasteiger partial charge on any atom is -0.287 e. The second kappa shape index (κ2) is 9.47. The van der Waals surface area contributed by atoms with E-state index in [1.807, 2.05) is 60.7 Å². The monoisotopic (exact) mass is 445 g/mol. The molecule has 0 saturated heterocycles. The normalized spacial score (nSPS) is 10.9. The maximum atomic E-state index is 13.5. The lowest BCUT2D eigenvalue weighted by Gasteiger charge is -2.15. The summed E-state index contributed by atoms with van der Waals surface area (Å²) in [7, 11) is 1.67. The van der Waals surface area contributed by atoms with Crippen molar-refractivity contribution in [3.05, 3.63) is 115 Å². The van der Waals surface area contributed by atoms with Gasteiger partial charge in [-0.15, -0.1) is 0 Å². The Hall–Kier alpha value is -4.27. The maximum Gasteiger partial charge on any atom is 0.358 e. The van der Waals surface area contributed by atoms with Crippen LogP contribution in [0.5, 0.6) is 0 Å². The van der Waals surface area contributed by atoms with Crippen LogP contribution >= 0.6 is 0 Å². The van der Waals surface area contributed by atoms with Crippen LogP contribution in [-0.2, 0) is 33.0 Å². The quantitative estimate of drug-likeness (QED) is 0.306. The highest BCUT2D eigenvalue weighted by Gasteiger charge is 2.29. The third-order valence-electron chi connectivity index (χ3n) is 5.50. The summed E-state index contributed by atoms with van der Waals surface area (Å²) in [5.74, 6) is 0. The highest BCUT2D eigenvalue weighted by molar-refractivity contribution is 5.68. The Labute approximate surface area is 189 Å². The van der Waals surface area contributed by atoms with Gasteiger partial charge in [-0.3, -0.25) is 28.7 Å². The van der Waals surface area contributed by atoms with Crippen LogP contribution in [0.1, 0.15) is 11.1 Å². The van der Waals surface area contributed by atoms with Crippen LogP contribution in [0, 0.1) is 10.1 Å². The summed E-state index contributed by atoms with van der Waals surface area (Å²) in [5.41, 5.74) is 0.136. The van der Waals surface area contributed by atoms with Gasteiger partial charge in [0.1, 0.15) is 5.69 Å². The van der Waals surface area contributed by atoms with Crippen LogP contribution in [-0.4, -0.2) is 23.8 Å². The molecule has 2 aromatic heterocycles. The molecular weight excluding hydrogens is 422 g/mol. The molecule has 0 unspecified atom stereocenters. The molecule has 0 aliphatic rings. The van der Waals surface area contributed by atoms with E-state index in [4.69, 9.17) is 0 Å². The van der Waals surface area contributed by atoms with Crippen LogP contribution in [0.2, 0.25) is 0 Å². The first kappa shape index (κ1) is 21.9. The van der Waals surface area contributed by atoms with Gasteiger partial charge in [0.2, 0.25) is 0 Å². The first-order chi connectivity index (χ1) is 16.0. The number of rotatable bonds is 8. The molecule has 33 heavy (non-hydrogen) atoms. The number of hydrogen-bond donors (Lipinski definition) is 0. The van der Waals surface area contributed by atoms with E-state index in [1.165, 1.54) is 15.4 Å². The topological polar surface area (TPSA) is 105 Å². The molecule has 168 valence electrons. The molecule has 0 amide bonds. The van der Waals surface area contributed by atoms with Crippen molar-refractivity contribution in [3.8, 4) is 11.3 Å². The Morgan fingerprint density at radius 2 is 1.42 bits per heavy atom. The molecule has 9 nitrogen and oxygen atoms in total. The smallest absolute Gasteiger partial charge is 0.287 e. The van der Waals surface area contributed by atoms with E-state index in [9.17, 15) is 19.7 Å². The third-order valence-corrected chi connectivity index (χ3v) is 5.50. The van der Waals surface area contributed by atoms with E-state index in [2.05, 4.69) is 5.10 Å². The number of nitro groups is 1. The zero-order valence-electron chi connectivity index (χ0n) is 18.1. The molecule has 0 radical (unpaired) electrons. The average Bonchev–Trinajstić information content (AvgIpc) is 3.25. The fourth-order valence-electron chi connectivity index (χ4n) is 3.86. The summed E-state index contributed by atoms with van der Waals surface area (Å²) >= 11 is 0. The van der Waals surface area contributed by atoms with E-state index >= 15 is 0 Å². The van der Waals surface area contributed by atoms with Gasteiger partial charge in [-0.25, -0.2) is 4.79 Å². The van der Waals surface area contributed by atoms with Crippen LogP contribution in [0.15, 0.2) is 82.6 Å². The van der Waals surface area contributed by atoms with Crippen molar-refractivity contribution in [1.82, 2.24) is 18.9 Å². The Bertz CT molecular complexity index is 1390. The minimum absolute atomic E-state index is 0.0185. The van der Waals surface area contributed by atoms with Crippen molar-refractivity contribution >= 4 is 5.69 Å². The van der Waals surface area contributed by atoms with Crippen LogP contribution in [0.25, 0.3) is 11.3 Å². The molecule has 0 atom stereocenters. The number of hydrogen-bond acceptors (Lipinski definition) is 5. The molecule has 0 aliphatic heterocycles. The number of aromatic nitrogens is 4. The second-order valence-corrected chi connectivity index (χ2v) is 7.72. The number of benzene rings is 2. The summed E-state index contributed by atoms with van der Waals surface area (Å²) < 4.78 is 3.77. The fraction of sp³-hybridized carbons (Fsp3) is 0.208. The van der Waals surface area contributed by atoms with Gasteiger partial charge in [0.15, 0.2) is 0 Å². The molecule has 4 aromatic rings. The maximum absolute atomic E-state index is 13.5. The van der Waals surface area contributed by atoms with E-state index in [-0.39, 0.29) is 18.8 Å². The summed E-state index contributed by atoms with van der Waals surface area (Å²) in [6, 6.07) is 18.9. The van der Waals surface area contributed by atoms with Crippen molar-refractivity contribution in [2.75, 3.05) is 0 Å². The van der Waals surface area contributed by atoms with Crippen molar-refractivity contribution in [3.63, 3.8) is 0 Å². The molecule has 0 N–H and O–H groups in total. The molecule has 2 aromatic carbocycles. The number of nitrogens with zero attached hydrogens (tertiary/aromatic N) is 5. The standard InChI is InChI=1S/C24H23N5O4/c1-26-17-20(16-25-26)21-22(29(32)33)23(30)28(15-13-19-10-6-3-7-11-19)24(31)27(21)14-12-18-8-4-2-5-9-18/h2-11,16-17H,12-15H2,1H3. The molecule has 0 spiro atoms. The highest BCUT2D eigenvalue weighted by Crippen LogP contribution is 2.25. The van der Waals surface area contributed by atoms with Crippen molar-refractivity contribution < 1.29 is 4.92 Å². The zero-order valence-corrected chi connectivity index (χ0v) is 18.1. The van der Waals surface area contributed by atoms with Crippen molar-refractivity contribution in [1.29, 1.82) is 0 Å². The van der Waals surface area contributed by atoms with Crippen molar-refractivity contribution in [2.45, 2.75) is 25.9 Å². The number of aryl methyl sites for hydroxylation is 3. The van der Waals surface area contributed by atoms with Gasteiger partial charge in [0.25, 0.3) is 0 Å². The Morgan fingerprint density at radius 3 is 1.91 bits per heavy atom. The first-order valence-electron chi connectivity index (χ1n) is 10.5. The summed E-state index contributed by atoms with van der Waals surface area (Å²) in [6.07, 6.45) is 3.86. The molecule has 0 fully saturated rings. The minimum atomic E-state index is -0.907. The molecule has 0 bridgehead atoms. The average molecular weight is 445 g/mol. The van der Waals surface area contributed by atoms with Gasteiger partial charge < -0.3 is 0 Å². The molecular formula is C24H23N5O4. The second-order valence-electron chi connectivity index (χ2n) is 7.72. The largest absolute Gasteiger partial charge is 0.358 e. The lowest BCUT2D eigenvalue weighted by Crippen LogP contribution is -2.42. The third kappa shape index (κ3) is 4.67. The summed E-state index contributed by atoms with van der Waals surface area (Å²) in [5, 5.41) is 16.1. The molecule has 9 heteroatoms. The lowest BCUT2D eigenvalue weighted by atomic mass is 10.1. The zero-order chi connectivity index (χ0) is 23.4. The SMILES string of the molecule is Cn1cc(-c2c([N+](=O)[O-])c(=O)n(CCc3ccccc3)c(=O)n2CCc2ccccc2)cn1. The van der Waals surface area contributed by atoms with Gasteiger partial charge in [-0.05, 0) is 24.0 Å². The summed E-state index contributed by atoms with van der Waals surface area (Å²) in [6.45, 7) is 0.223. The van der Waals surface area contributed by atoms with Crippen LogP contribution in [0.3, 0.4) is 0 Å². The fourth-order valence-corrected chi connectivity index (χ4v) is 3.86. The molecule has 4 rings (SSSR count). The Morgan fingerprint density at radius 1 is 0.879 bits per heavy atom. The van der Waals surface area contributed by atoms with E-state index in [1.54, 1.807) is 13.2 Å². The van der Waals surface area contributed by atoms with Gasteiger partial charge >= 0.3 is 16.9 Å². The highest BCUT2D eigenvalue weighted by atomic mass is 16.6. The summed E-state index contributed by atoms with van der Waals surface area (Å²) in [4.78, 5) is 38.0. The van der Waals surface area contributed by atoms with Gasteiger partial charge in [0, 0.05) is 31.9 Å². The first-order valence-corrected chi connectivity index (χ1v) is 10.5. The van der Waals surface area contributed by atoms with Crippen LogP contribution in [0.4, 0.5) is 5.69 Å². The predicted molar refractivity (Wildman–Crippen MR) is 124 cm³/mol. The molecule has 0 saturated carbocycles. The van der Waals surface area contributed by atoms with E-state index in [0.29, 0.717) is 18.4 Å².